The first kappa shape index (κ1) is 18.1. The van der Waals surface area contributed by atoms with E-state index in [1.165, 1.54) is 31.9 Å². The third kappa shape index (κ3) is 4.00. The molecule has 1 atom stereocenters. The summed E-state index contributed by atoms with van der Waals surface area (Å²) in [5, 5.41) is 0. The van der Waals surface area contributed by atoms with Gasteiger partial charge in [-0.3, -0.25) is 4.72 Å². The van der Waals surface area contributed by atoms with E-state index in [1.54, 1.807) is 18.2 Å². The Bertz CT molecular complexity index is 785. The molecule has 0 bridgehead atoms. The van der Waals surface area contributed by atoms with Gasteiger partial charge < -0.3 is 9.47 Å². The Hall–Kier alpha value is -2.21. The number of methoxy groups -OCH3 is 2. The highest BCUT2D eigenvalue weighted by Crippen LogP contribution is 2.30. The van der Waals surface area contributed by atoms with E-state index in [0.29, 0.717) is 23.1 Å². The van der Waals surface area contributed by atoms with Gasteiger partial charge in [-0.25, -0.2) is 8.42 Å². The van der Waals surface area contributed by atoms with Crippen LogP contribution in [-0.4, -0.2) is 22.6 Å². The van der Waals surface area contributed by atoms with E-state index in [0.717, 1.165) is 6.42 Å². The minimum Gasteiger partial charge on any atom is -0.493 e. The van der Waals surface area contributed by atoms with Gasteiger partial charge in [-0.05, 0) is 42.2 Å². The molecular weight excluding hydrogens is 326 g/mol. The van der Waals surface area contributed by atoms with Crippen molar-refractivity contribution in [2.45, 2.75) is 31.1 Å². The number of hydrogen-bond donors (Lipinski definition) is 1. The molecule has 2 aromatic rings. The molecule has 0 fully saturated rings. The summed E-state index contributed by atoms with van der Waals surface area (Å²) < 4.78 is 37.9. The van der Waals surface area contributed by atoms with E-state index in [2.05, 4.69) is 18.6 Å². The van der Waals surface area contributed by atoms with Crippen LogP contribution >= 0.6 is 0 Å². The predicted molar refractivity (Wildman–Crippen MR) is 95.5 cm³/mol. The minimum atomic E-state index is -3.70. The second-order valence-electron chi connectivity index (χ2n) is 5.55. The molecule has 0 heterocycles. The fourth-order valence-corrected chi connectivity index (χ4v) is 3.39. The van der Waals surface area contributed by atoms with E-state index in [-0.39, 0.29) is 4.90 Å². The summed E-state index contributed by atoms with van der Waals surface area (Å²) in [4.78, 5) is 0.117. The first-order chi connectivity index (χ1) is 11.4. The molecule has 0 amide bonds. The molecule has 0 saturated heterocycles. The summed E-state index contributed by atoms with van der Waals surface area (Å²) in [5.41, 5.74) is 1.71. The van der Waals surface area contributed by atoms with Crippen molar-refractivity contribution in [3.63, 3.8) is 0 Å². The van der Waals surface area contributed by atoms with Crippen LogP contribution in [0, 0.1) is 0 Å². The normalized spacial score (nSPS) is 12.5. The van der Waals surface area contributed by atoms with Gasteiger partial charge in [0.05, 0.1) is 19.1 Å². The molecule has 0 aliphatic heterocycles. The molecule has 1 N–H and O–H groups in total. The Morgan fingerprint density at radius 1 is 1.00 bits per heavy atom. The molecule has 0 aromatic heterocycles. The summed E-state index contributed by atoms with van der Waals surface area (Å²) in [5.74, 6) is 1.29. The molecule has 0 saturated carbocycles. The fraction of sp³-hybridized carbons (Fsp3) is 0.333. The third-order valence-electron chi connectivity index (χ3n) is 4.01. The van der Waals surface area contributed by atoms with Crippen LogP contribution in [0.25, 0.3) is 0 Å². The molecule has 0 aliphatic carbocycles. The Morgan fingerprint density at radius 2 is 1.62 bits per heavy atom. The summed E-state index contributed by atoms with van der Waals surface area (Å²) in [6.07, 6.45) is 1.04. The first-order valence-electron chi connectivity index (χ1n) is 7.76. The number of ether oxygens (including phenoxy) is 2. The standard InChI is InChI=1S/C18H23NO4S/c1-5-13(2)14-6-8-15(9-7-14)19-24(20,21)16-10-11-17(22-3)18(12-16)23-4/h6-13,19H,5H2,1-4H3/t13-/m1/s1. The zero-order valence-electron chi connectivity index (χ0n) is 14.4. The average Bonchev–Trinajstić information content (AvgIpc) is 2.60. The van der Waals surface area contributed by atoms with Crippen molar-refractivity contribution in [3.8, 4) is 11.5 Å². The second kappa shape index (κ2) is 7.57. The first-order valence-corrected chi connectivity index (χ1v) is 9.24. The number of anilines is 1. The Labute approximate surface area is 143 Å². The van der Waals surface area contributed by atoms with Gasteiger partial charge in [0.1, 0.15) is 0 Å². The number of hydrogen-bond acceptors (Lipinski definition) is 4. The molecule has 2 rings (SSSR count). The highest BCUT2D eigenvalue weighted by molar-refractivity contribution is 7.92. The van der Waals surface area contributed by atoms with Crippen molar-refractivity contribution in [2.24, 2.45) is 0 Å². The van der Waals surface area contributed by atoms with Crippen molar-refractivity contribution in [2.75, 3.05) is 18.9 Å². The highest BCUT2D eigenvalue weighted by atomic mass is 32.2. The van der Waals surface area contributed by atoms with Crippen LogP contribution in [-0.2, 0) is 10.0 Å². The lowest BCUT2D eigenvalue weighted by molar-refractivity contribution is 0.354. The lowest BCUT2D eigenvalue weighted by Crippen LogP contribution is -2.13. The Kier molecular flexibility index (Phi) is 5.72. The molecule has 24 heavy (non-hydrogen) atoms. The molecule has 130 valence electrons. The van der Waals surface area contributed by atoms with Crippen LogP contribution in [0.4, 0.5) is 5.69 Å². The van der Waals surface area contributed by atoms with E-state index in [9.17, 15) is 8.42 Å². The number of nitrogens with one attached hydrogen (secondary N) is 1. The van der Waals surface area contributed by atoms with E-state index < -0.39 is 10.0 Å². The second-order valence-corrected chi connectivity index (χ2v) is 7.24. The number of sulfonamides is 1. The SMILES string of the molecule is CC[C@@H](C)c1ccc(NS(=O)(=O)c2ccc(OC)c(OC)c2)cc1. The average molecular weight is 349 g/mol. The third-order valence-corrected chi connectivity index (χ3v) is 5.39. The maximum absolute atomic E-state index is 12.5. The van der Waals surface area contributed by atoms with Crippen LogP contribution in [0.2, 0.25) is 0 Å². The molecule has 5 nitrogen and oxygen atoms in total. The van der Waals surface area contributed by atoms with Gasteiger partial charge in [-0.2, -0.15) is 0 Å². The van der Waals surface area contributed by atoms with Crippen LogP contribution in [0.15, 0.2) is 47.4 Å². The van der Waals surface area contributed by atoms with Gasteiger partial charge in [0, 0.05) is 11.8 Å². The van der Waals surface area contributed by atoms with Gasteiger partial charge in [0.15, 0.2) is 11.5 Å². The monoisotopic (exact) mass is 349 g/mol. The summed E-state index contributed by atoms with van der Waals surface area (Å²) in [6, 6.07) is 11.9. The zero-order valence-corrected chi connectivity index (χ0v) is 15.2. The van der Waals surface area contributed by atoms with Gasteiger partial charge in [-0.1, -0.05) is 26.0 Å². The molecule has 0 spiro atoms. The van der Waals surface area contributed by atoms with Crippen molar-refractivity contribution in [1.29, 1.82) is 0 Å². The maximum Gasteiger partial charge on any atom is 0.262 e. The molecule has 0 aliphatic rings. The lowest BCUT2D eigenvalue weighted by Gasteiger charge is -2.13. The summed E-state index contributed by atoms with van der Waals surface area (Å²) in [7, 11) is -0.724. The van der Waals surface area contributed by atoms with Crippen LogP contribution in [0.3, 0.4) is 0 Å². The topological polar surface area (TPSA) is 64.6 Å². The predicted octanol–water partition coefficient (Wildman–Crippen LogP) is 4.02. The minimum absolute atomic E-state index is 0.117. The van der Waals surface area contributed by atoms with Crippen LogP contribution in [0.1, 0.15) is 31.7 Å². The van der Waals surface area contributed by atoms with Gasteiger partial charge in [0.2, 0.25) is 0 Å². The summed E-state index contributed by atoms with van der Waals surface area (Å²) >= 11 is 0. The van der Waals surface area contributed by atoms with Gasteiger partial charge >= 0.3 is 0 Å². The van der Waals surface area contributed by atoms with E-state index >= 15 is 0 Å². The fourth-order valence-electron chi connectivity index (χ4n) is 2.31. The number of rotatable bonds is 7. The lowest BCUT2D eigenvalue weighted by atomic mass is 9.99. The smallest absolute Gasteiger partial charge is 0.262 e. The summed E-state index contributed by atoms with van der Waals surface area (Å²) in [6.45, 7) is 4.27. The Balaban J connectivity index is 2.25. The quantitative estimate of drug-likeness (QED) is 0.820. The highest BCUT2D eigenvalue weighted by Gasteiger charge is 2.17. The van der Waals surface area contributed by atoms with E-state index in [1.807, 2.05) is 12.1 Å². The van der Waals surface area contributed by atoms with Crippen molar-refractivity contribution < 1.29 is 17.9 Å². The van der Waals surface area contributed by atoms with E-state index in [4.69, 9.17) is 9.47 Å². The van der Waals surface area contributed by atoms with Crippen molar-refractivity contribution in [1.82, 2.24) is 0 Å². The molecular formula is C18H23NO4S. The molecule has 0 radical (unpaired) electrons. The van der Waals surface area contributed by atoms with Gasteiger partial charge in [0.25, 0.3) is 10.0 Å². The molecule has 0 unspecified atom stereocenters. The zero-order chi connectivity index (χ0) is 17.7. The molecule has 2 aromatic carbocycles. The van der Waals surface area contributed by atoms with Crippen LogP contribution in [0.5, 0.6) is 11.5 Å². The van der Waals surface area contributed by atoms with Crippen molar-refractivity contribution >= 4 is 15.7 Å². The Morgan fingerprint density at radius 3 is 2.17 bits per heavy atom. The largest absolute Gasteiger partial charge is 0.493 e. The maximum atomic E-state index is 12.5. The molecule has 6 heteroatoms. The van der Waals surface area contributed by atoms with Crippen LogP contribution < -0.4 is 14.2 Å². The van der Waals surface area contributed by atoms with Crippen molar-refractivity contribution in [3.05, 3.63) is 48.0 Å². The van der Waals surface area contributed by atoms with Gasteiger partial charge in [-0.15, -0.1) is 0 Å². The number of benzene rings is 2.